The van der Waals surface area contributed by atoms with Gasteiger partial charge in [-0.2, -0.15) is 26.3 Å². The van der Waals surface area contributed by atoms with E-state index in [2.05, 4.69) is 25.3 Å². The van der Waals surface area contributed by atoms with Gasteiger partial charge in [-0.15, -0.1) is 0 Å². The number of carbonyl (C=O) groups is 2. The van der Waals surface area contributed by atoms with Gasteiger partial charge in [-0.25, -0.2) is 14.8 Å². The van der Waals surface area contributed by atoms with Gasteiger partial charge < -0.3 is 24.8 Å². The summed E-state index contributed by atoms with van der Waals surface area (Å²) in [6.45, 7) is 2.41. The molecular formula is C32H28F6N4O5. The van der Waals surface area contributed by atoms with Gasteiger partial charge in [-0.05, 0) is 62.2 Å². The number of halogens is 6. The molecule has 1 aliphatic rings. The number of nitrogens with zero attached hydrogens (tertiary/aromatic N) is 2. The van der Waals surface area contributed by atoms with Crippen LogP contribution in [0.5, 0.6) is 11.5 Å². The van der Waals surface area contributed by atoms with E-state index in [4.69, 9.17) is 9.47 Å². The molecule has 0 bridgehead atoms. The first-order chi connectivity index (χ1) is 22.3. The van der Waals surface area contributed by atoms with E-state index in [1.54, 1.807) is 24.3 Å². The topological polar surface area (TPSA) is 112 Å². The van der Waals surface area contributed by atoms with E-state index >= 15 is 0 Å². The summed E-state index contributed by atoms with van der Waals surface area (Å²) in [5.41, 5.74) is 0.281. The predicted molar refractivity (Wildman–Crippen MR) is 158 cm³/mol. The lowest BCUT2D eigenvalue weighted by molar-refractivity contribution is -0.205. The van der Waals surface area contributed by atoms with Crippen molar-refractivity contribution in [2.24, 2.45) is 5.92 Å². The third kappa shape index (κ3) is 8.09. The molecule has 2 N–H and O–H groups in total. The fraction of sp³-hybridized carbons (Fsp3) is 0.312. The number of esters is 1. The molecule has 5 rings (SSSR count). The summed E-state index contributed by atoms with van der Waals surface area (Å²) < 4.78 is 93.9. The summed E-state index contributed by atoms with van der Waals surface area (Å²) in [5, 5.41) is 6.30. The Bertz CT molecular complexity index is 1720. The van der Waals surface area contributed by atoms with Crippen molar-refractivity contribution in [3.05, 3.63) is 78.1 Å². The Hall–Kier alpha value is -4.92. The highest BCUT2D eigenvalue weighted by atomic mass is 19.4. The lowest BCUT2D eigenvalue weighted by atomic mass is 9.99. The Kier molecular flexibility index (Phi) is 9.84. The molecule has 9 nitrogen and oxygen atoms in total. The first-order valence-corrected chi connectivity index (χ1v) is 14.4. The van der Waals surface area contributed by atoms with Crippen LogP contribution in [0.25, 0.3) is 22.2 Å². The molecule has 1 unspecified atom stereocenters. The first-order valence-electron chi connectivity index (χ1n) is 14.4. The maximum atomic E-state index is 13.0. The van der Waals surface area contributed by atoms with Crippen LogP contribution in [0, 0.1) is 5.92 Å². The van der Waals surface area contributed by atoms with Crippen molar-refractivity contribution < 1.29 is 50.1 Å². The number of ether oxygens (including phenoxy) is 3. The van der Waals surface area contributed by atoms with Crippen LogP contribution in [0.4, 0.5) is 32.0 Å². The van der Waals surface area contributed by atoms with E-state index in [1.807, 2.05) is 0 Å². The summed E-state index contributed by atoms with van der Waals surface area (Å²) in [6, 6.07) is 12.2. The van der Waals surface area contributed by atoms with E-state index in [1.165, 1.54) is 25.6 Å². The van der Waals surface area contributed by atoms with Crippen molar-refractivity contribution >= 4 is 28.5 Å². The minimum absolute atomic E-state index is 0.100. The summed E-state index contributed by atoms with van der Waals surface area (Å²) in [5.74, 6) is -2.47. The Morgan fingerprint density at radius 3 is 2.23 bits per heavy atom. The van der Waals surface area contributed by atoms with Crippen molar-refractivity contribution in [3.63, 3.8) is 0 Å². The van der Waals surface area contributed by atoms with Crippen LogP contribution in [0.2, 0.25) is 0 Å². The molecule has 47 heavy (non-hydrogen) atoms. The Morgan fingerprint density at radius 1 is 0.936 bits per heavy atom. The maximum Gasteiger partial charge on any atom is 0.490 e. The molecule has 0 saturated carbocycles. The zero-order chi connectivity index (χ0) is 33.8. The second kappa shape index (κ2) is 13.8. The Labute approximate surface area is 264 Å². The second-order valence-electron chi connectivity index (χ2n) is 10.7. The van der Waals surface area contributed by atoms with Crippen LogP contribution in [-0.2, 0) is 20.5 Å². The number of benzene rings is 3. The molecule has 0 spiro atoms. The normalized spacial score (nSPS) is 14.8. The number of nitrogens with one attached hydrogen (secondary N) is 2. The lowest BCUT2D eigenvalue weighted by Gasteiger charge is -2.23. The highest BCUT2D eigenvalue weighted by molar-refractivity contribution is 5.97. The zero-order valence-electron chi connectivity index (χ0n) is 24.7. The molecule has 0 radical (unpaired) electrons. The van der Waals surface area contributed by atoms with E-state index in [0.717, 1.165) is 38.1 Å². The van der Waals surface area contributed by atoms with Crippen LogP contribution in [0.3, 0.4) is 0 Å². The van der Waals surface area contributed by atoms with Crippen LogP contribution >= 0.6 is 0 Å². The Balaban J connectivity index is 1.36. The van der Waals surface area contributed by atoms with Crippen LogP contribution in [0.15, 0.2) is 67.0 Å². The molecule has 2 heterocycles. The van der Waals surface area contributed by atoms with Gasteiger partial charge in [-0.1, -0.05) is 24.3 Å². The standard InChI is InChI=1S/C32H28F6N4O5/c1-45-25-14-23-24(15-26(25)46-16-18-10-12-39-13-11-18)40-17-41-27(23)19-4-8-22(9-5-19)42-29(43)28(47-30(44)32(36,37)38)20-2-6-21(7-3-20)31(33,34)35/h2-9,14-15,17-18,28,39H,10-13,16H2,1H3,(H,42,43). The maximum absolute atomic E-state index is 13.0. The average molecular weight is 663 g/mol. The summed E-state index contributed by atoms with van der Waals surface area (Å²) in [6.07, 6.45) is -8.99. The number of rotatable bonds is 9. The quantitative estimate of drug-likeness (QED) is 0.155. The third-order valence-corrected chi connectivity index (χ3v) is 7.52. The number of aromatic nitrogens is 2. The number of fused-ring (bicyclic) bond motifs is 1. The fourth-order valence-corrected chi connectivity index (χ4v) is 5.04. The van der Waals surface area contributed by atoms with Gasteiger partial charge in [0.2, 0.25) is 6.10 Å². The van der Waals surface area contributed by atoms with Gasteiger partial charge in [0.15, 0.2) is 11.5 Å². The average Bonchev–Trinajstić information content (AvgIpc) is 3.05. The molecule has 1 saturated heterocycles. The minimum atomic E-state index is -5.45. The number of hydrogen-bond donors (Lipinski definition) is 2. The van der Waals surface area contributed by atoms with Crippen molar-refractivity contribution in [1.82, 2.24) is 15.3 Å². The smallest absolute Gasteiger partial charge is 0.490 e. The number of methoxy groups -OCH3 is 1. The molecule has 1 amide bonds. The number of hydrogen-bond acceptors (Lipinski definition) is 8. The number of carbonyl (C=O) groups excluding carboxylic acids is 2. The van der Waals surface area contributed by atoms with Crippen LogP contribution < -0.4 is 20.1 Å². The first kappa shape index (κ1) is 33.4. The van der Waals surface area contributed by atoms with Gasteiger partial charge in [0, 0.05) is 28.3 Å². The number of alkyl halides is 6. The van der Waals surface area contributed by atoms with Gasteiger partial charge in [-0.3, -0.25) is 4.79 Å². The van der Waals surface area contributed by atoms with Crippen LogP contribution in [-0.4, -0.2) is 54.8 Å². The molecule has 0 aliphatic carbocycles. The largest absolute Gasteiger partial charge is 0.493 e. The van der Waals surface area contributed by atoms with Crippen molar-refractivity contribution in [2.45, 2.75) is 31.3 Å². The number of amides is 1. The molecule has 1 aromatic heterocycles. The molecule has 1 aliphatic heterocycles. The SMILES string of the molecule is COc1cc2c(-c3ccc(NC(=O)C(OC(=O)C(F)(F)F)c4ccc(C(F)(F)F)cc4)cc3)ncnc2cc1OCC1CCNCC1. The zero-order valence-corrected chi connectivity index (χ0v) is 24.7. The van der Waals surface area contributed by atoms with E-state index in [9.17, 15) is 35.9 Å². The Morgan fingerprint density at radius 2 is 1.62 bits per heavy atom. The van der Waals surface area contributed by atoms with Crippen molar-refractivity contribution in [2.75, 3.05) is 32.1 Å². The van der Waals surface area contributed by atoms with Gasteiger partial charge >= 0.3 is 18.3 Å². The second-order valence-corrected chi connectivity index (χ2v) is 10.7. The molecule has 1 atom stereocenters. The van der Waals surface area contributed by atoms with Crippen molar-refractivity contribution in [1.29, 1.82) is 0 Å². The van der Waals surface area contributed by atoms with E-state index in [0.29, 0.717) is 58.3 Å². The monoisotopic (exact) mass is 662 g/mol. The van der Waals surface area contributed by atoms with Gasteiger partial charge in [0.25, 0.3) is 5.91 Å². The molecule has 15 heteroatoms. The van der Waals surface area contributed by atoms with Gasteiger partial charge in [0.1, 0.15) is 6.33 Å². The van der Waals surface area contributed by atoms with E-state index < -0.39 is 41.5 Å². The van der Waals surface area contributed by atoms with Gasteiger partial charge in [0.05, 0.1) is 30.5 Å². The summed E-state index contributed by atoms with van der Waals surface area (Å²) >= 11 is 0. The lowest BCUT2D eigenvalue weighted by Crippen LogP contribution is -2.32. The fourth-order valence-electron chi connectivity index (χ4n) is 5.04. The summed E-state index contributed by atoms with van der Waals surface area (Å²) in [7, 11) is 1.52. The molecule has 3 aromatic carbocycles. The third-order valence-electron chi connectivity index (χ3n) is 7.52. The van der Waals surface area contributed by atoms with E-state index in [-0.39, 0.29) is 5.69 Å². The predicted octanol–water partition coefficient (Wildman–Crippen LogP) is 6.49. The molecule has 4 aromatic rings. The molecule has 1 fully saturated rings. The highest BCUT2D eigenvalue weighted by Crippen LogP contribution is 2.37. The number of anilines is 1. The molecule has 248 valence electrons. The highest BCUT2D eigenvalue weighted by Gasteiger charge is 2.44. The van der Waals surface area contributed by atoms with Crippen molar-refractivity contribution in [3.8, 4) is 22.8 Å². The van der Waals surface area contributed by atoms with Crippen LogP contribution in [0.1, 0.15) is 30.1 Å². The summed E-state index contributed by atoms with van der Waals surface area (Å²) in [4.78, 5) is 33.4. The minimum Gasteiger partial charge on any atom is -0.493 e. The number of piperidine rings is 1. The molecular weight excluding hydrogens is 634 g/mol.